The lowest BCUT2D eigenvalue weighted by atomic mass is 10.1. The Balaban J connectivity index is 1.33. The van der Waals surface area contributed by atoms with Crippen LogP contribution in [0, 0.1) is 20.8 Å². The van der Waals surface area contributed by atoms with Crippen molar-refractivity contribution < 1.29 is 23.4 Å². The lowest BCUT2D eigenvalue weighted by molar-refractivity contribution is 0.0923. The molecule has 2 aromatic heterocycles. The zero-order chi connectivity index (χ0) is 27.1. The van der Waals surface area contributed by atoms with E-state index in [1.165, 1.54) is 11.4 Å². The highest BCUT2D eigenvalue weighted by molar-refractivity contribution is 5.92. The van der Waals surface area contributed by atoms with Gasteiger partial charge in [0.15, 0.2) is 17.3 Å². The molecule has 8 heteroatoms. The third-order valence-electron chi connectivity index (χ3n) is 5.93. The fourth-order valence-corrected chi connectivity index (χ4v) is 4.07. The molecule has 0 bridgehead atoms. The summed E-state index contributed by atoms with van der Waals surface area (Å²) >= 11 is 0. The third kappa shape index (κ3) is 6.26. The smallest absolute Gasteiger partial charge is 0.307 e. The van der Waals surface area contributed by atoms with E-state index in [2.05, 4.69) is 41.1 Å². The normalized spacial score (nSPS) is 11.1. The van der Waals surface area contributed by atoms with Gasteiger partial charge in [-0.25, -0.2) is 5.43 Å². The molecule has 0 aliphatic rings. The van der Waals surface area contributed by atoms with E-state index in [-0.39, 0.29) is 12.4 Å². The quantitative estimate of drug-likeness (QED) is 0.192. The highest BCUT2D eigenvalue weighted by atomic mass is 16.5. The summed E-state index contributed by atoms with van der Waals surface area (Å²) in [4.78, 5) is 12.5. The topological polar surface area (TPSA) is 87.2 Å². The number of hydrogen-bond acceptors (Lipinski definition) is 6. The van der Waals surface area contributed by atoms with Gasteiger partial charge in [0.1, 0.15) is 18.1 Å². The van der Waals surface area contributed by atoms with E-state index in [0.29, 0.717) is 36.2 Å². The van der Waals surface area contributed by atoms with Gasteiger partial charge in [-0.05, 0) is 101 Å². The Labute approximate surface area is 222 Å². The molecule has 0 fully saturated rings. The number of aryl methyl sites for hydroxylation is 3. The lowest BCUT2D eigenvalue weighted by Gasteiger charge is -2.13. The summed E-state index contributed by atoms with van der Waals surface area (Å²) in [6.45, 7) is 11.2. The Morgan fingerprint density at radius 3 is 2.21 bits per heavy atom. The highest BCUT2D eigenvalue weighted by Crippen LogP contribution is 2.30. The van der Waals surface area contributed by atoms with Gasteiger partial charge in [-0.2, -0.15) is 5.10 Å². The molecule has 0 saturated heterocycles. The number of furan rings is 1. The second-order valence-corrected chi connectivity index (χ2v) is 8.72. The maximum absolute atomic E-state index is 12.5. The number of nitrogens with one attached hydrogen (secondary N) is 1. The first-order chi connectivity index (χ1) is 18.4. The van der Waals surface area contributed by atoms with Gasteiger partial charge in [0.25, 0.3) is 0 Å². The molecule has 8 nitrogen and oxygen atoms in total. The van der Waals surface area contributed by atoms with E-state index < -0.39 is 5.91 Å². The summed E-state index contributed by atoms with van der Waals surface area (Å²) in [7, 11) is 0. The molecule has 2 heterocycles. The lowest BCUT2D eigenvalue weighted by Crippen LogP contribution is -2.17. The van der Waals surface area contributed by atoms with Crippen LogP contribution in [0.4, 0.5) is 0 Å². The zero-order valence-electron chi connectivity index (χ0n) is 22.4. The van der Waals surface area contributed by atoms with Gasteiger partial charge in [-0.1, -0.05) is 0 Å². The van der Waals surface area contributed by atoms with Crippen molar-refractivity contribution in [3.05, 3.63) is 94.7 Å². The molecule has 0 unspecified atom stereocenters. The van der Waals surface area contributed by atoms with Crippen molar-refractivity contribution in [2.75, 3.05) is 13.2 Å². The molecule has 2 aromatic carbocycles. The number of hydrogen-bond donors (Lipinski definition) is 1. The molecule has 0 saturated carbocycles. The van der Waals surface area contributed by atoms with Gasteiger partial charge in [-0.15, -0.1) is 0 Å². The first-order valence-corrected chi connectivity index (χ1v) is 12.6. The van der Waals surface area contributed by atoms with Crippen molar-refractivity contribution in [1.29, 1.82) is 0 Å². The number of benzene rings is 2. The number of aromatic nitrogens is 1. The largest absolute Gasteiger partial charge is 0.490 e. The Kier molecular flexibility index (Phi) is 8.53. The van der Waals surface area contributed by atoms with Crippen LogP contribution in [0.2, 0.25) is 0 Å². The summed E-state index contributed by atoms with van der Waals surface area (Å²) in [5, 5.41) is 4.09. The summed E-state index contributed by atoms with van der Waals surface area (Å²) < 4.78 is 25.0. The monoisotopic (exact) mass is 515 g/mol. The van der Waals surface area contributed by atoms with Crippen LogP contribution in [0.5, 0.6) is 17.2 Å². The van der Waals surface area contributed by atoms with E-state index >= 15 is 0 Å². The summed E-state index contributed by atoms with van der Waals surface area (Å²) in [6.07, 6.45) is 1.57. The predicted octanol–water partition coefficient (Wildman–Crippen LogP) is 6.14. The van der Waals surface area contributed by atoms with E-state index in [1.54, 1.807) is 18.3 Å². The fraction of sp³-hybridized carbons (Fsp3) is 0.267. The van der Waals surface area contributed by atoms with E-state index in [1.807, 2.05) is 57.2 Å². The van der Waals surface area contributed by atoms with Crippen LogP contribution < -0.4 is 19.6 Å². The van der Waals surface area contributed by atoms with Crippen LogP contribution in [0.15, 0.2) is 70.2 Å². The van der Waals surface area contributed by atoms with Crippen molar-refractivity contribution in [1.82, 2.24) is 9.99 Å². The fourth-order valence-electron chi connectivity index (χ4n) is 4.07. The van der Waals surface area contributed by atoms with Crippen LogP contribution in [-0.2, 0) is 6.61 Å². The minimum Gasteiger partial charge on any atom is -0.490 e. The average Bonchev–Trinajstić information content (AvgIpc) is 3.52. The Hall–Kier alpha value is -4.46. The minimum atomic E-state index is -0.456. The summed E-state index contributed by atoms with van der Waals surface area (Å²) in [5.74, 6) is 2.24. The van der Waals surface area contributed by atoms with E-state index in [4.69, 9.17) is 18.6 Å². The predicted molar refractivity (Wildman–Crippen MR) is 147 cm³/mol. The second kappa shape index (κ2) is 12.2. The SMILES string of the molecule is CCOc1cc(C)c(/C=N/NC(=O)c2ccc(COc3ccc(-n4c(C)ccc4C)cc3)o2)cc1OCC. The average molecular weight is 516 g/mol. The van der Waals surface area contributed by atoms with Gasteiger partial charge in [-0.3, -0.25) is 4.79 Å². The molecule has 1 amide bonds. The van der Waals surface area contributed by atoms with Crippen LogP contribution in [0.1, 0.15) is 52.7 Å². The van der Waals surface area contributed by atoms with Gasteiger partial charge in [0.05, 0.1) is 19.4 Å². The standard InChI is InChI=1S/C30H33N3O5/c1-6-35-28-16-20(3)23(17-29(28)36-7-2)18-31-32-30(34)27-15-14-26(38-27)19-37-25-12-10-24(11-13-25)33-21(4)8-9-22(33)5/h8-18H,6-7,19H2,1-5H3,(H,32,34)/b31-18+. The molecule has 0 spiro atoms. The van der Waals surface area contributed by atoms with Gasteiger partial charge in [0, 0.05) is 22.6 Å². The Morgan fingerprint density at radius 1 is 0.895 bits per heavy atom. The molecule has 38 heavy (non-hydrogen) atoms. The molecule has 4 rings (SSSR count). The second-order valence-electron chi connectivity index (χ2n) is 8.72. The van der Waals surface area contributed by atoms with Crippen molar-refractivity contribution in [3.8, 4) is 22.9 Å². The number of rotatable bonds is 11. The van der Waals surface area contributed by atoms with Crippen molar-refractivity contribution in [2.24, 2.45) is 5.10 Å². The number of ether oxygens (including phenoxy) is 3. The number of amides is 1. The maximum atomic E-state index is 12.5. The van der Waals surface area contributed by atoms with Crippen LogP contribution >= 0.6 is 0 Å². The molecule has 0 aliphatic carbocycles. The summed E-state index contributed by atoms with van der Waals surface area (Å²) in [6, 6.07) is 19.1. The van der Waals surface area contributed by atoms with Crippen LogP contribution in [0.25, 0.3) is 5.69 Å². The zero-order valence-corrected chi connectivity index (χ0v) is 22.4. The first kappa shape index (κ1) is 26.6. The van der Waals surface area contributed by atoms with Gasteiger partial charge in [0.2, 0.25) is 0 Å². The van der Waals surface area contributed by atoms with Crippen molar-refractivity contribution >= 4 is 12.1 Å². The summed E-state index contributed by atoms with van der Waals surface area (Å²) in [5.41, 5.74) is 7.67. The molecular weight excluding hydrogens is 482 g/mol. The van der Waals surface area contributed by atoms with E-state index in [9.17, 15) is 4.79 Å². The van der Waals surface area contributed by atoms with E-state index in [0.717, 1.165) is 16.8 Å². The molecule has 0 radical (unpaired) electrons. The Morgan fingerprint density at radius 2 is 1.55 bits per heavy atom. The molecule has 1 N–H and O–H groups in total. The highest BCUT2D eigenvalue weighted by Gasteiger charge is 2.12. The Bertz CT molecular complexity index is 1400. The van der Waals surface area contributed by atoms with Gasteiger partial charge >= 0.3 is 5.91 Å². The third-order valence-corrected chi connectivity index (χ3v) is 5.93. The minimum absolute atomic E-state index is 0.146. The number of nitrogens with zero attached hydrogens (tertiary/aromatic N) is 2. The first-order valence-electron chi connectivity index (χ1n) is 12.6. The number of hydrazone groups is 1. The molecule has 198 valence electrons. The molecular formula is C30H33N3O5. The maximum Gasteiger partial charge on any atom is 0.307 e. The molecule has 0 atom stereocenters. The molecule has 4 aromatic rings. The van der Waals surface area contributed by atoms with Crippen molar-refractivity contribution in [3.63, 3.8) is 0 Å². The van der Waals surface area contributed by atoms with Crippen LogP contribution in [0.3, 0.4) is 0 Å². The van der Waals surface area contributed by atoms with Crippen molar-refractivity contribution in [2.45, 2.75) is 41.2 Å². The number of carbonyl (C=O) groups is 1. The molecule has 0 aliphatic heterocycles. The van der Waals surface area contributed by atoms with Gasteiger partial charge < -0.3 is 23.2 Å². The number of carbonyl (C=O) groups excluding carboxylic acids is 1. The van der Waals surface area contributed by atoms with Crippen LogP contribution in [-0.4, -0.2) is 29.9 Å².